The van der Waals surface area contributed by atoms with Crippen LogP contribution in [0.5, 0.6) is 11.5 Å². The molecule has 0 saturated heterocycles. The fourth-order valence-electron chi connectivity index (χ4n) is 10.9. The minimum atomic E-state index is -1.13. The Balaban J connectivity index is 0.974. The van der Waals surface area contributed by atoms with Gasteiger partial charge in [0.15, 0.2) is 0 Å². The monoisotopic (exact) mass is 1120 g/mol. The molecule has 3 heterocycles. The summed E-state index contributed by atoms with van der Waals surface area (Å²) in [7, 11) is 0. The lowest BCUT2D eigenvalue weighted by Gasteiger charge is -2.38. The van der Waals surface area contributed by atoms with Crippen molar-refractivity contribution in [2.24, 2.45) is 0 Å². The number of carbonyl (C=O) groups is 6. The lowest BCUT2D eigenvalue weighted by Crippen LogP contribution is -2.58. The van der Waals surface area contributed by atoms with Crippen LogP contribution in [0.3, 0.4) is 0 Å². The Kier molecular flexibility index (Phi) is 19.6. The van der Waals surface area contributed by atoms with E-state index >= 15 is 0 Å². The molecule has 19 heteroatoms. The summed E-state index contributed by atoms with van der Waals surface area (Å²) in [5, 5.41) is 32.1. The summed E-state index contributed by atoms with van der Waals surface area (Å²) in [5.41, 5.74) is 7.47. The minimum Gasteiger partial charge on any atom is -0.508 e. The van der Waals surface area contributed by atoms with Gasteiger partial charge in [0.05, 0.1) is 5.69 Å². The number of alkyl carbamates (subject to hydrolysis) is 2. The number of unbranched alkanes of at least 4 members (excludes halogenated alkanes) is 1. The molecule has 82 heavy (non-hydrogen) atoms. The van der Waals surface area contributed by atoms with Gasteiger partial charge in [0.25, 0.3) is 5.56 Å². The Morgan fingerprint density at radius 1 is 0.610 bits per heavy atom. The van der Waals surface area contributed by atoms with E-state index in [1.807, 2.05) is 76.2 Å². The average Bonchev–Trinajstić information content (AvgIpc) is 3.19. The number of aryl methyl sites for hydroxylation is 6. The lowest BCUT2D eigenvalue weighted by molar-refractivity contribution is -0.143. The zero-order valence-electron chi connectivity index (χ0n) is 49.1. The number of aromatic amines is 1. The number of fused-ring (bicyclic) bond motifs is 2. The van der Waals surface area contributed by atoms with E-state index < -0.39 is 70.8 Å². The summed E-state index contributed by atoms with van der Waals surface area (Å²) in [5.74, 6) is -1.55. The van der Waals surface area contributed by atoms with Crippen LogP contribution >= 0.6 is 0 Å². The number of aromatic hydroxyl groups is 2. The van der Waals surface area contributed by atoms with Gasteiger partial charge < -0.3 is 55.7 Å². The number of H-pyrrole nitrogens is 1. The number of rotatable bonds is 18. The molecule has 0 aliphatic carbocycles. The molecule has 6 amide bonds. The van der Waals surface area contributed by atoms with Crippen molar-refractivity contribution >= 4 is 35.8 Å². The van der Waals surface area contributed by atoms with Crippen LogP contribution < -0.4 is 26.8 Å². The van der Waals surface area contributed by atoms with Crippen LogP contribution in [-0.2, 0) is 80.3 Å². The van der Waals surface area contributed by atoms with E-state index in [9.17, 15) is 43.8 Å². The van der Waals surface area contributed by atoms with Crippen LogP contribution in [0.25, 0.3) is 0 Å². The van der Waals surface area contributed by atoms with Gasteiger partial charge in [0, 0.05) is 64.0 Å². The highest BCUT2D eigenvalue weighted by Crippen LogP contribution is 2.30. The summed E-state index contributed by atoms with van der Waals surface area (Å²) < 4.78 is 11.2. The van der Waals surface area contributed by atoms with E-state index in [0.29, 0.717) is 30.7 Å². The van der Waals surface area contributed by atoms with Crippen LogP contribution in [0.4, 0.5) is 9.59 Å². The SMILES string of the molecule is Cc1cc(O)cc(C)c1C[C@H](NC(=O)OC(C)(C)C)C(=O)N1Cc2ccccc2C[C@H]1C(=O)NCCCCc1[nH]c(=O)c(CCNC(=O)[C@@H]2Cc3ccccc3CN2C(=O)[C@H](Cc2c(C)cc(O)cc2C)NC(=O)OC(C)(C)C)nc1C. The van der Waals surface area contributed by atoms with Gasteiger partial charge in [-0.1, -0.05) is 48.5 Å². The topological polar surface area (TPSA) is 262 Å². The minimum absolute atomic E-state index is 0.0489. The number of amides is 6. The van der Waals surface area contributed by atoms with E-state index in [1.54, 1.807) is 72.7 Å². The molecule has 0 saturated carbocycles. The summed E-state index contributed by atoms with van der Waals surface area (Å²) in [6.07, 6.45) is 0.770. The highest BCUT2D eigenvalue weighted by molar-refractivity contribution is 5.93. The van der Waals surface area contributed by atoms with E-state index in [-0.39, 0.29) is 81.4 Å². The van der Waals surface area contributed by atoms with Crippen molar-refractivity contribution in [3.63, 3.8) is 0 Å². The molecule has 1 aromatic heterocycles. The molecule has 0 bridgehead atoms. The molecule has 5 aromatic rings. The Morgan fingerprint density at radius 2 is 1.01 bits per heavy atom. The first-order chi connectivity index (χ1) is 38.6. The molecule has 2 aliphatic heterocycles. The largest absolute Gasteiger partial charge is 0.508 e. The number of aromatic nitrogens is 2. The van der Waals surface area contributed by atoms with Gasteiger partial charge in [-0.05, 0) is 175 Å². The second-order valence-electron chi connectivity index (χ2n) is 23.7. The molecule has 7 rings (SSSR count). The molecule has 0 unspecified atom stereocenters. The number of phenols is 2. The third kappa shape index (κ3) is 16.0. The predicted octanol–water partition coefficient (Wildman–Crippen LogP) is 7.00. The lowest BCUT2D eigenvalue weighted by atomic mass is 9.91. The number of ether oxygens (including phenoxy) is 2. The van der Waals surface area contributed by atoms with Crippen LogP contribution in [0.2, 0.25) is 0 Å². The summed E-state index contributed by atoms with van der Waals surface area (Å²) in [6.45, 7) is 20.0. The summed E-state index contributed by atoms with van der Waals surface area (Å²) >= 11 is 0. The molecule has 4 aromatic carbocycles. The molecule has 19 nitrogen and oxygen atoms in total. The van der Waals surface area contributed by atoms with Crippen molar-refractivity contribution in [1.29, 1.82) is 0 Å². The van der Waals surface area contributed by atoms with Crippen molar-refractivity contribution in [2.75, 3.05) is 13.1 Å². The van der Waals surface area contributed by atoms with Crippen molar-refractivity contribution in [2.45, 2.75) is 176 Å². The quantitative estimate of drug-likeness (QED) is 0.0438. The van der Waals surface area contributed by atoms with Gasteiger partial charge in [-0.15, -0.1) is 0 Å². The number of nitrogens with one attached hydrogen (secondary N) is 5. The molecular weight excluding hydrogens is 1040 g/mol. The maximum atomic E-state index is 14.8. The molecule has 0 radical (unpaired) electrons. The molecule has 438 valence electrons. The van der Waals surface area contributed by atoms with Gasteiger partial charge in [-0.2, -0.15) is 0 Å². The maximum absolute atomic E-state index is 14.8. The van der Waals surface area contributed by atoms with Crippen molar-refractivity contribution < 1.29 is 48.5 Å². The number of carbonyl (C=O) groups excluding carboxylic acids is 6. The number of hydrogen-bond donors (Lipinski definition) is 7. The normalized spacial score (nSPS) is 15.7. The van der Waals surface area contributed by atoms with E-state index in [1.165, 1.54) is 9.80 Å². The van der Waals surface area contributed by atoms with Crippen LogP contribution in [-0.4, -0.2) is 114 Å². The second-order valence-corrected chi connectivity index (χ2v) is 23.7. The van der Waals surface area contributed by atoms with Crippen molar-refractivity contribution in [3.05, 3.63) is 156 Å². The molecule has 0 spiro atoms. The Bertz CT molecular complexity index is 3220. The predicted molar refractivity (Wildman–Crippen MR) is 310 cm³/mol. The molecule has 0 fully saturated rings. The molecule has 2 aliphatic rings. The smallest absolute Gasteiger partial charge is 0.408 e. The van der Waals surface area contributed by atoms with Crippen LogP contribution in [0.1, 0.15) is 127 Å². The Morgan fingerprint density at radius 3 is 1.43 bits per heavy atom. The third-order valence-corrected chi connectivity index (χ3v) is 14.9. The first-order valence-corrected chi connectivity index (χ1v) is 28.1. The summed E-state index contributed by atoms with van der Waals surface area (Å²) in [6, 6.07) is 17.6. The van der Waals surface area contributed by atoms with Crippen molar-refractivity contribution in [3.8, 4) is 11.5 Å². The Hall–Kier alpha value is -8.22. The number of nitrogens with zero attached hydrogens (tertiary/aromatic N) is 3. The van der Waals surface area contributed by atoms with Gasteiger partial charge >= 0.3 is 12.2 Å². The first kappa shape index (κ1) is 61.4. The van der Waals surface area contributed by atoms with Gasteiger partial charge in [0.1, 0.15) is 52.6 Å². The molecule has 4 atom stereocenters. The number of phenolic OH excluding ortho intramolecular Hbond substituents is 2. The highest BCUT2D eigenvalue weighted by Gasteiger charge is 2.41. The fraction of sp³-hybridized carbons (Fsp3) is 0.460. The van der Waals surface area contributed by atoms with Crippen LogP contribution in [0.15, 0.2) is 77.6 Å². The maximum Gasteiger partial charge on any atom is 0.408 e. The number of benzene rings is 4. The van der Waals surface area contributed by atoms with E-state index in [0.717, 1.165) is 55.6 Å². The Labute approximate surface area is 480 Å². The average molecular weight is 1130 g/mol. The standard InChI is InChI=1S/C63H80N8O11/c1-36-26-45(72)27-37(2)47(36)32-51(68-60(79)81-62(6,7)8)58(77)70-34-43-20-14-12-18-41(43)30-53(70)56(75)64-24-17-16-22-49-40(5)66-50(55(74)67-49)23-25-65-57(76)54-31-42-19-13-15-21-44(42)35-71(54)59(78)52(69-61(80)82-63(9,10)11)33-48-38(3)28-46(73)29-39(48)4/h12-15,18-21,26-29,51-54,72-73H,16-17,22-25,30-35H2,1-11H3,(H,64,75)(H,65,76)(H,67,74)(H,68,79)(H,69,80)/t51-,52-,53-,54-/m0/s1. The molecular formula is C63H80N8O11. The second kappa shape index (κ2) is 26.1. The third-order valence-electron chi connectivity index (χ3n) is 14.9. The highest BCUT2D eigenvalue weighted by atomic mass is 16.6. The van der Waals surface area contributed by atoms with Crippen LogP contribution in [0, 0.1) is 34.6 Å². The van der Waals surface area contributed by atoms with Gasteiger partial charge in [-0.3, -0.25) is 29.0 Å². The zero-order valence-corrected chi connectivity index (χ0v) is 49.1. The zero-order chi connectivity index (χ0) is 59.8. The number of hydrogen-bond acceptors (Lipinski definition) is 12. The van der Waals surface area contributed by atoms with Crippen molar-refractivity contribution in [1.82, 2.24) is 41.0 Å². The van der Waals surface area contributed by atoms with E-state index in [4.69, 9.17) is 9.47 Å². The fourth-order valence-corrected chi connectivity index (χ4v) is 10.9. The summed E-state index contributed by atoms with van der Waals surface area (Å²) in [4.78, 5) is 109. The van der Waals surface area contributed by atoms with Gasteiger partial charge in [0.2, 0.25) is 23.6 Å². The first-order valence-electron chi connectivity index (χ1n) is 28.1. The van der Waals surface area contributed by atoms with Gasteiger partial charge in [-0.25, -0.2) is 9.59 Å². The van der Waals surface area contributed by atoms with E-state index in [2.05, 4.69) is 31.2 Å². The molecule has 7 N–H and O–H groups in total.